The van der Waals surface area contributed by atoms with Crippen molar-refractivity contribution in [3.63, 3.8) is 0 Å². The number of rotatable bonds is 6. The molecule has 11 nitrogen and oxygen atoms in total. The van der Waals surface area contributed by atoms with Crippen molar-refractivity contribution in [1.29, 1.82) is 0 Å². The van der Waals surface area contributed by atoms with Crippen LogP contribution in [0.2, 0.25) is 0 Å². The minimum absolute atomic E-state index is 0.0116. The van der Waals surface area contributed by atoms with Crippen LogP contribution >= 0.6 is 0 Å². The Labute approximate surface area is 218 Å². The maximum Gasteiger partial charge on any atom is 0.490 e. The molecule has 1 aliphatic carbocycles. The van der Waals surface area contributed by atoms with Crippen LogP contribution in [0.5, 0.6) is 0 Å². The number of nitrogens with one attached hydrogen (secondary N) is 2. The summed E-state index contributed by atoms with van der Waals surface area (Å²) in [6.45, 7) is 0.537. The lowest BCUT2D eigenvalue weighted by molar-refractivity contribution is -0.192. The van der Waals surface area contributed by atoms with Crippen molar-refractivity contribution in [2.24, 2.45) is 0 Å². The van der Waals surface area contributed by atoms with Gasteiger partial charge in [-0.05, 0) is 37.0 Å². The Morgan fingerprint density at radius 3 is 2.51 bits per heavy atom. The van der Waals surface area contributed by atoms with Gasteiger partial charge in [-0.25, -0.2) is 18.7 Å². The number of amides is 1. The predicted octanol–water partition coefficient (Wildman–Crippen LogP) is 2.96. The molecule has 1 aliphatic heterocycles. The van der Waals surface area contributed by atoms with Gasteiger partial charge in [0.1, 0.15) is 5.82 Å². The first-order valence-corrected chi connectivity index (χ1v) is 11.7. The highest BCUT2D eigenvalue weighted by Gasteiger charge is 2.38. The third kappa shape index (κ3) is 5.48. The molecule has 3 N–H and O–H groups in total. The molecule has 0 saturated heterocycles. The molecule has 0 unspecified atom stereocenters. The fraction of sp³-hybridized carbons (Fsp3) is 0.375. The van der Waals surface area contributed by atoms with Gasteiger partial charge in [0, 0.05) is 38.0 Å². The average Bonchev–Trinajstić information content (AvgIpc) is 3.50. The minimum atomic E-state index is -5.08. The number of anilines is 3. The third-order valence-corrected chi connectivity index (χ3v) is 6.53. The standard InChI is InChI=1S/C22H23FN6O3.C2HF3O2/c1-24-16-9-20(28-6-5-14-12(11-30)7-13(23)8-17(14)28)27-29-18(10-25-21(16)29)22(31)26-15-3-4-19(15)32-2;3-2(4,5)1(6)7/h7-11,15,19,24H,3-6H2,1-2H3,(H,26,31);(H,6,7)/t15-,19-;/m1./s1. The SMILES string of the molecule is CNc1cc(N2CCc3c(C=O)cc(F)cc32)nn2c(C(=O)N[C@@H]3CC[C@H]3OC)cnc12.O=C(O)C(F)(F)F. The number of ether oxygens (including phenoxy) is 1. The first kappa shape index (κ1) is 27.8. The van der Waals surface area contributed by atoms with Gasteiger partial charge in [-0.15, -0.1) is 5.10 Å². The number of carbonyl (C=O) groups is 3. The quantitative estimate of drug-likeness (QED) is 0.311. The zero-order valence-corrected chi connectivity index (χ0v) is 20.8. The minimum Gasteiger partial charge on any atom is -0.475 e. The lowest BCUT2D eigenvalue weighted by Gasteiger charge is -2.35. The number of aliphatic carboxylic acids is 1. The lowest BCUT2D eigenvalue weighted by Crippen LogP contribution is -2.51. The largest absolute Gasteiger partial charge is 0.490 e. The molecule has 3 heterocycles. The van der Waals surface area contributed by atoms with E-state index in [1.165, 1.54) is 22.8 Å². The number of carbonyl (C=O) groups excluding carboxylic acids is 2. The second kappa shape index (κ2) is 10.8. The molecule has 39 heavy (non-hydrogen) atoms. The highest BCUT2D eigenvalue weighted by molar-refractivity contribution is 5.94. The van der Waals surface area contributed by atoms with Crippen molar-refractivity contribution in [3.05, 3.63) is 47.0 Å². The van der Waals surface area contributed by atoms with Gasteiger partial charge < -0.3 is 25.4 Å². The van der Waals surface area contributed by atoms with E-state index in [1.54, 1.807) is 20.2 Å². The van der Waals surface area contributed by atoms with Crippen molar-refractivity contribution < 1.29 is 41.8 Å². The molecule has 0 radical (unpaired) electrons. The summed E-state index contributed by atoms with van der Waals surface area (Å²) in [6, 6.07) is 4.41. The fourth-order valence-corrected chi connectivity index (χ4v) is 4.43. The molecule has 1 saturated carbocycles. The number of carboxylic acid groups (broad SMARTS) is 1. The number of benzene rings is 1. The first-order valence-electron chi connectivity index (χ1n) is 11.7. The van der Waals surface area contributed by atoms with Crippen LogP contribution in [0.1, 0.15) is 39.3 Å². The van der Waals surface area contributed by atoms with Gasteiger partial charge in [0.05, 0.1) is 24.0 Å². The van der Waals surface area contributed by atoms with E-state index in [0.717, 1.165) is 18.4 Å². The van der Waals surface area contributed by atoms with E-state index in [4.69, 9.17) is 14.6 Å². The maximum atomic E-state index is 14.1. The van der Waals surface area contributed by atoms with Crippen LogP contribution in [0.15, 0.2) is 24.4 Å². The number of fused-ring (bicyclic) bond motifs is 2. The third-order valence-electron chi connectivity index (χ3n) is 6.53. The van der Waals surface area contributed by atoms with Gasteiger partial charge in [0.15, 0.2) is 23.4 Å². The normalized spacial score (nSPS) is 18.1. The van der Waals surface area contributed by atoms with Crippen molar-refractivity contribution in [2.75, 3.05) is 30.9 Å². The molecule has 15 heteroatoms. The Kier molecular flexibility index (Phi) is 7.72. The van der Waals surface area contributed by atoms with Crippen LogP contribution in [-0.4, -0.2) is 76.9 Å². The molecule has 2 atom stereocenters. The highest BCUT2D eigenvalue weighted by atomic mass is 19.4. The van der Waals surface area contributed by atoms with Crippen LogP contribution in [0.25, 0.3) is 5.65 Å². The number of halogens is 4. The molecule has 0 bridgehead atoms. The first-order chi connectivity index (χ1) is 18.5. The van der Waals surface area contributed by atoms with Crippen molar-refractivity contribution >= 4 is 41.0 Å². The molecule has 3 aromatic rings. The summed E-state index contributed by atoms with van der Waals surface area (Å²) in [5.41, 5.74) is 3.21. The van der Waals surface area contributed by atoms with Crippen LogP contribution in [0.3, 0.4) is 0 Å². The van der Waals surface area contributed by atoms with E-state index in [0.29, 0.717) is 53.3 Å². The predicted molar refractivity (Wildman–Crippen MR) is 130 cm³/mol. The van der Waals surface area contributed by atoms with Crippen molar-refractivity contribution in [1.82, 2.24) is 19.9 Å². The van der Waals surface area contributed by atoms with Gasteiger partial charge >= 0.3 is 12.1 Å². The van der Waals surface area contributed by atoms with E-state index in [-0.39, 0.29) is 18.1 Å². The smallest absolute Gasteiger partial charge is 0.475 e. The van der Waals surface area contributed by atoms with E-state index >= 15 is 0 Å². The number of carboxylic acids is 1. The molecule has 1 fully saturated rings. The second-order valence-electron chi connectivity index (χ2n) is 8.79. The van der Waals surface area contributed by atoms with Crippen LogP contribution < -0.4 is 15.5 Å². The van der Waals surface area contributed by atoms with Crippen LogP contribution in [0.4, 0.5) is 34.8 Å². The van der Waals surface area contributed by atoms with E-state index in [1.807, 2.05) is 4.90 Å². The van der Waals surface area contributed by atoms with Crippen molar-refractivity contribution in [2.45, 2.75) is 37.6 Å². The number of aldehydes is 1. The van der Waals surface area contributed by atoms with Crippen molar-refractivity contribution in [3.8, 4) is 0 Å². The van der Waals surface area contributed by atoms with Gasteiger partial charge in [0.25, 0.3) is 5.91 Å². The van der Waals surface area contributed by atoms with Gasteiger partial charge in [-0.1, -0.05) is 0 Å². The lowest BCUT2D eigenvalue weighted by atomic mass is 9.89. The molecule has 2 aromatic heterocycles. The summed E-state index contributed by atoms with van der Waals surface area (Å²) in [6.07, 6.45) is -0.545. The number of alkyl halides is 3. The Morgan fingerprint density at radius 1 is 1.23 bits per heavy atom. The Morgan fingerprint density at radius 2 is 1.95 bits per heavy atom. The Balaban J connectivity index is 0.000000448. The van der Waals surface area contributed by atoms with Gasteiger partial charge in [0.2, 0.25) is 0 Å². The summed E-state index contributed by atoms with van der Waals surface area (Å²) in [5, 5.41) is 17.9. The van der Waals surface area contributed by atoms with E-state index in [2.05, 4.69) is 20.7 Å². The summed E-state index contributed by atoms with van der Waals surface area (Å²) in [7, 11) is 3.39. The second-order valence-corrected chi connectivity index (χ2v) is 8.79. The zero-order chi connectivity index (χ0) is 28.5. The summed E-state index contributed by atoms with van der Waals surface area (Å²) < 4.78 is 52.7. The van der Waals surface area contributed by atoms with Crippen LogP contribution in [-0.2, 0) is 16.0 Å². The molecule has 1 aromatic carbocycles. The Hall–Kier alpha value is -4.27. The number of hydrogen-bond donors (Lipinski definition) is 3. The molecular formula is C24H24F4N6O5. The Bertz CT molecular complexity index is 1420. The highest BCUT2D eigenvalue weighted by Crippen LogP contribution is 2.37. The molecule has 1 amide bonds. The average molecular weight is 552 g/mol. The maximum absolute atomic E-state index is 14.1. The molecule has 2 aliphatic rings. The van der Waals surface area contributed by atoms with E-state index < -0.39 is 18.0 Å². The molecule has 208 valence electrons. The topological polar surface area (TPSA) is 138 Å². The zero-order valence-electron chi connectivity index (χ0n) is 20.8. The number of imidazole rings is 1. The number of hydrogen-bond acceptors (Lipinski definition) is 8. The van der Waals surface area contributed by atoms with Gasteiger partial charge in [-0.3, -0.25) is 9.59 Å². The molecular weight excluding hydrogens is 528 g/mol. The van der Waals surface area contributed by atoms with Gasteiger partial charge in [-0.2, -0.15) is 13.2 Å². The van der Waals surface area contributed by atoms with Crippen LogP contribution in [0, 0.1) is 5.82 Å². The summed E-state index contributed by atoms with van der Waals surface area (Å²) in [5.74, 6) is -3.00. The number of nitrogens with zero attached hydrogens (tertiary/aromatic N) is 4. The number of methoxy groups -OCH3 is 1. The molecule has 5 rings (SSSR count). The molecule has 0 spiro atoms. The summed E-state index contributed by atoms with van der Waals surface area (Å²) >= 11 is 0. The number of aromatic nitrogens is 3. The summed E-state index contributed by atoms with van der Waals surface area (Å²) in [4.78, 5) is 39.5. The van der Waals surface area contributed by atoms with E-state index in [9.17, 15) is 27.2 Å². The monoisotopic (exact) mass is 552 g/mol. The fourth-order valence-electron chi connectivity index (χ4n) is 4.43.